The first-order valence-electron chi connectivity index (χ1n) is 3.52. The van der Waals surface area contributed by atoms with Crippen LogP contribution in [-0.4, -0.2) is 12.1 Å². The number of nitrogens with two attached hydrogens (primary N) is 1. The molecule has 1 heterocycles. The molecule has 0 aliphatic rings. The van der Waals surface area contributed by atoms with Crippen molar-refractivity contribution in [3.63, 3.8) is 0 Å². The van der Waals surface area contributed by atoms with Crippen LogP contribution >= 0.6 is 27.5 Å². The summed E-state index contributed by atoms with van der Waals surface area (Å²) < 4.78 is 18.0. The summed E-state index contributed by atoms with van der Waals surface area (Å²) in [5, 5.41) is -0.00227. The van der Waals surface area contributed by atoms with Crippen molar-refractivity contribution in [2.75, 3.05) is 12.8 Å². The van der Waals surface area contributed by atoms with Crippen molar-refractivity contribution in [3.8, 4) is 0 Å². The molecule has 0 saturated heterocycles. The Kier molecular flexibility index (Phi) is 3.34. The molecule has 14 heavy (non-hydrogen) atoms. The lowest BCUT2D eigenvalue weighted by Gasteiger charge is -2.09. The van der Waals surface area contributed by atoms with Gasteiger partial charge in [-0.15, -0.1) is 0 Å². The van der Waals surface area contributed by atoms with Gasteiger partial charge < -0.3 is 10.5 Å². The number of methoxy groups -OCH3 is 1. The van der Waals surface area contributed by atoms with E-state index in [4.69, 9.17) is 22.1 Å². The number of halogens is 3. The van der Waals surface area contributed by atoms with E-state index in [9.17, 15) is 4.39 Å². The molecule has 6 heteroatoms. The molecular formula is C8H7BrClFN2O. The van der Waals surface area contributed by atoms with Crippen LogP contribution in [0, 0.1) is 5.82 Å². The number of ether oxygens (including phenoxy) is 1. The number of aromatic nitrogens is 1. The van der Waals surface area contributed by atoms with E-state index in [1.165, 1.54) is 7.11 Å². The molecule has 1 aromatic heterocycles. The first kappa shape index (κ1) is 11.3. The van der Waals surface area contributed by atoms with Crippen molar-refractivity contribution in [2.24, 2.45) is 0 Å². The number of hydrogen-bond donors (Lipinski definition) is 1. The highest BCUT2D eigenvalue weighted by Crippen LogP contribution is 2.32. The Balaban J connectivity index is 3.40. The molecule has 3 nitrogen and oxygen atoms in total. The maximum absolute atomic E-state index is 13.1. The molecule has 1 rings (SSSR count). The monoisotopic (exact) mass is 280 g/mol. The molecule has 0 bridgehead atoms. The van der Waals surface area contributed by atoms with Gasteiger partial charge in [0.05, 0.1) is 17.8 Å². The van der Waals surface area contributed by atoms with Gasteiger partial charge >= 0.3 is 0 Å². The summed E-state index contributed by atoms with van der Waals surface area (Å²) in [7, 11) is 1.41. The zero-order chi connectivity index (χ0) is 10.9. The zero-order valence-corrected chi connectivity index (χ0v) is 9.62. The first-order valence-corrected chi connectivity index (χ1v) is 4.69. The molecule has 0 aliphatic heterocycles. The molecule has 0 unspecified atom stereocenters. The summed E-state index contributed by atoms with van der Waals surface area (Å²) >= 11 is 8.66. The largest absolute Gasteiger partial charge is 0.495 e. The Morgan fingerprint density at radius 2 is 2.29 bits per heavy atom. The van der Waals surface area contributed by atoms with Crippen LogP contribution in [0.15, 0.2) is 11.2 Å². The quantitative estimate of drug-likeness (QED) is 0.670. The van der Waals surface area contributed by atoms with Crippen LogP contribution in [0.5, 0.6) is 0 Å². The highest BCUT2D eigenvalue weighted by molar-refractivity contribution is 9.10. The number of rotatable bonds is 2. The summed E-state index contributed by atoms with van der Waals surface area (Å²) in [6, 6.07) is 0. The normalized spacial score (nSPS) is 10.0. The number of hydrogen-bond acceptors (Lipinski definition) is 3. The van der Waals surface area contributed by atoms with Gasteiger partial charge in [0.25, 0.3) is 0 Å². The zero-order valence-electron chi connectivity index (χ0n) is 7.27. The van der Waals surface area contributed by atoms with Gasteiger partial charge in [0.2, 0.25) is 0 Å². The van der Waals surface area contributed by atoms with E-state index < -0.39 is 5.82 Å². The van der Waals surface area contributed by atoms with E-state index in [0.717, 1.165) is 0 Å². The molecule has 1 aromatic rings. The average molecular weight is 282 g/mol. The third-order valence-electron chi connectivity index (χ3n) is 1.58. The van der Waals surface area contributed by atoms with Crippen molar-refractivity contribution in [1.82, 2.24) is 4.98 Å². The number of nitrogen functional groups attached to an aromatic ring is 1. The van der Waals surface area contributed by atoms with Gasteiger partial charge in [-0.25, -0.2) is 9.37 Å². The Morgan fingerprint density at radius 1 is 1.71 bits per heavy atom. The maximum Gasteiger partial charge on any atom is 0.180 e. The fraction of sp³-hybridized carbons (Fsp3) is 0.125. The van der Waals surface area contributed by atoms with Crippen molar-refractivity contribution in [1.29, 1.82) is 0 Å². The molecule has 76 valence electrons. The van der Waals surface area contributed by atoms with E-state index in [1.807, 2.05) is 0 Å². The molecule has 0 radical (unpaired) electrons. The highest BCUT2D eigenvalue weighted by Gasteiger charge is 2.17. The SMILES string of the molecule is C=C(OC)c1nc(Br)c(F)c(N)c1Cl. The Hall–Kier alpha value is -0.810. The van der Waals surface area contributed by atoms with Gasteiger partial charge in [-0.2, -0.15) is 0 Å². The molecule has 0 saturated carbocycles. The van der Waals surface area contributed by atoms with E-state index in [-0.39, 0.29) is 26.8 Å². The standard InChI is InChI=1S/C8H7BrClFN2O/c1-3(14-2)7-4(10)6(12)5(11)8(9)13-7/h1H2,2H3,(H2,12,13). The molecule has 0 spiro atoms. The van der Waals surface area contributed by atoms with Gasteiger partial charge in [0.1, 0.15) is 16.1 Å². The van der Waals surface area contributed by atoms with Crippen LogP contribution in [-0.2, 0) is 4.74 Å². The second-order valence-electron chi connectivity index (χ2n) is 2.42. The minimum absolute atomic E-state index is 0.00227. The third-order valence-corrected chi connectivity index (χ3v) is 2.49. The molecule has 0 fully saturated rings. The minimum Gasteiger partial charge on any atom is -0.495 e. The van der Waals surface area contributed by atoms with E-state index in [1.54, 1.807) is 0 Å². The lowest BCUT2D eigenvalue weighted by molar-refractivity contribution is 0.369. The third kappa shape index (κ3) is 1.83. The van der Waals surface area contributed by atoms with Crippen LogP contribution in [0.25, 0.3) is 5.76 Å². The van der Waals surface area contributed by atoms with Crippen molar-refractivity contribution in [3.05, 3.63) is 27.7 Å². The lowest BCUT2D eigenvalue weighted by atomic mass is 10.3. The highest BCUT2D eigenvalue weighted by atomic mass is 79.9. The molecule has 0 atom stereocenters. The van der Waals surface area contributed by atoms with Gasteiger partial charge in [-0.05, 0) is 15.9 Å². The lowest BCUT2D eigenvalue weighted by Crippen LogP contribution is -2.01. The molecule has 2 N–H and O–H groups in total. The summed E-state index contributed by atoms with van der Waals surface area (Å²) in [4.78, 5) is 3.81. The predicted octanol–water partition coefficient (Wildman–Crippen LogP) is 2.84. The number of anilines is 1. The Bertz CT molecular complexity index is 397. The van der Waals surface area contributed by atoms with Gasteiger partial charge in [-0.1, -0.05) is 18.2 Å². The second kappa shape index (κ2) is 4.14. The molecule has 0 aromatic carbocycles. The minimum atomic E-state index is -0.692. The van der Waals surface area contributed by atoms with E-state index in [2.05, 4.69) is 27.5 Å². The van der Waals surface area contributed by atoms with Crippen LogP contribution in [0.3, 0.4) is 0 Å². The van der Waals surface area contributed by atoms with Crippen molar-refractivity contribution < 1.29 is 9.13 Å². The van der Waals surface area contributed by atoms with Gasteiger partial charge in [0.15, 0.2) is 5.82 Å². The van der Waals surface area contributed by atoms with E-state index in [0.29, 0.717) is 0 Å². The van der Waals surface area contributed by atoms with Gasteiger partial charge in [-0.3, -0.25) is 0 Å². The summed E-state index contributed by atoms with van der Waals surface area (Å²) in [5.41, 5.74) is 5.45. The molecular weight excluding hydrogens is 274 g/mol. The average Bonchev–Trinajstić information content (AvgIpc) is 2.19. The summed E-state index contributed by atoms with van der Waals surface area (Å²) in [5.74, 6) is -0.468. The smallest absolute Gasteiger partial charge is 0.180 e. The molecule has 0 amide bonds. The van der Waals surface area contributed by atoms with Crippen LogP contribution in [0.4, 0.5) is 10.1 Å². The Labute approximate surface area is 93.8 Å². The summed E-state index contributed by atoms with van der Waals surface area (Å²) in [6.07, 6.45) is 0. The topological polar surface area (TPSA) is 48.1 Å². The van der Waals surface area contributed by atoms with E-state index >= 15 is 0 Å². The van der Waals surface area contributed by atoms with Crippen LogP contribution in [0.2, 0.25) is 5.02 Å². The fourth-order valence-corrected chi connectivity index (χ4v) is 1.43. The Morgan fingerprint density at radius 3 is 2.79 bits per heavy atom. The summed E-state index contributed by atoms with van der Waals surface area (Å²) in [6.45, 7) is 3.55. The van der Waals surface area contributed by atoms with Crippen molar-refractivity contribution in [2.45, 2.75) is 0 Å². The molecule has 0 aliphatic carbocycles. The van der Waals surface area contributed by atoms with Crippen LogP contribution in [0.1, 0.15) is 5.69 Å². The van der Waals surface area contributed by atoms with Crippen LogP contribution < -0.4 is 5.73 Å². The fourth-order valence-electron chi connectivity index (χ4n) is 0.813. The number of pyridine rings is 1. The van der Waals surface area contributed by atoms with Gasteiger partial charge in [0, 0.05) is 0 Å². The predicted molar refractivity (Wildman–Crippen MR) is 57.4 cm³/mol. The maximum atomic E-state index is 13.1. The number of nitrogens with zero attached hydrogens (tertiary/aromatic N) is 1. The van der Waals surface area contributed by atoms with Crippen molar-refractivity contribution >= 4 is 39.0 Å². The second-order valence-corrected chi connectivity index (χ2v) is 3.55. The first-order chi connectivity index (χ1) is 6.49.